The maximum Gasteiger partial charge on any atom is 0.411 e. The lowest BCUT2D eigenvalue weighted by Crippen LogP contribution is -2.14. The number of aromatic amines is 1. The highest BCUT2D eigenvalue weighted by atomic mass is 16.5. The first-order valence-electron chi connectivity index (χ1n) is 7.34. The average molecular weight is 308 g/mol. The Morgan fingerprint density at radius 2 is 1.87 bits per heavy atom. The molecule has 1 amide bonds. The van der Waals surface area contributed by atoms with Crippen molar-refractivity contribution in [1.29, 1.82) is 0 Å². The zero-order valence-electron chi connectivity index (χ0n) is 12.6. The fourth-order valence-electron chi connectivity index (χ4n) is 2.45. The van der Waals surface area contributed by atoms with E-state index in [0.29, 0.717) is 23.4 Å². The fourth-order valence-corrected chi connectivity index (χ4v) is 2.45. The molecule has 0 aliphatic heterocycles. The van der Waals surface area contributed by atoms with Crippen molar-refractivity contribution in [1.82, 2.24) is 4.98 Å². The molecule has 1 heterocycles. The van der Waals surface area contributed by atoms with Gasteiger partial charge in [0, 0.05) is 22.5 Å². The molecule has 0 radical (unpaired) electrons. The number of anilines is 1. The molecular formula is C18H16N2O3. The number of carbonyl (C=O) groups excluding carboxylic acids is 1. The Morgan fingerprint density at radius 1 is 1.13 bits per heavy atom. The molecule has 0 saturated carbocycles. The number of rotatable bonds is 3. The van der Waals surface area contributed by atoms with Crippen LogP contribution in [0.1, 0.15) is 6.92 Å². The number of H-pyrrole nitrogens is 1. The highest BCUT2D eigenvalue weighted by Crippen LogP contribution is 2.26. The molecule has 5 nitrogen and oxygen atoms in total. The Balaban J connectivity index is 2.08. The number of para-hydroxylation sites is 2. The summed E-state index contributed by atoms with van der Waals surface area (Å²) < 4.78 is 4.91. The van der Waals surface area contributed by atoms with E-state index in [-0.39, 0.29) is 5.43 Å². The molecule has 0 aliphatic rings. The van der Waals surface area contributed by atoms with Gasteiger partial charge >= 0.3 is 6.09 Å². The van der Waals surface area contributed by atoms with E-state index >= 15 is 0 Å². The number of hydrogen-bond acceptors (Lipinski definition) is 3. The number of aromatic nitrogens is 1. The summed E-state index contributed by atoms with van der Waals surface area (Å²) in [5, 5.41) is 3.33. The van der Waals surface area contributed by atoms with Crippen LogP contribution in [0.2, 0.25) is 0 Å². The molecular weight excluding hydrogens is 292 g/mol. The summed E-state index contributed by atoms with van der Waals surface area (Å²) >= 11 is 0. The van der Waals surface area contributed by atoms with Crippen molar-refractivity contribution in [2.24, 2.45) is 0 Å². The third kappa shape index (κ3) is 3.08. The van der Waals surface area contributed by atoms with Gasteiger partial charge in [-0.2, -0.15) is 0 Å². The van der Waals surface area contributed by atoms with Gasteiger partial charge in [0.15, 0.2) is 5.43 Å². The van der Waals surface area contributed by atoms with Crippen molar-refractivity contribution in [2.45, 2.75) is 6.92 Å². The minimum absolute atomic E-state index is 0.0692. The van der Waals surface area contributed by atoms with Gasteiger partial charge in [0.1, 0.15) is 0 Å². The second-order valence-electron chi connectivity index (χ2n) is 4.98. The molecule has 5 heteroatoms. The van der Waals surface area contributed by atoms with E-state index < -0.39 is 6.09 Å². The second kappa shape index (κ2) is 6.36. The third-order valence-electron chi connectivity index (χ3n) is 3.47. The van der Waals surface area contributed by atoms with Gasteiger partial charge in [0.25, 0.3) is 0 Å². The van der Waals surface area contributed by atoms with Crippen LogP contribution in [-0.2, 0) is 4.74 Å². The molecule has 3 aromatic rings. The SMILES string of the molecule is CCOC(=O)Nc1ccccc1-c1cc(=O)c2ccccc2[nH]1. The van der Waals surface area contributed by atoms with Crippen molar-refractivity contribution < 1.29 is 9.53 Å². The minimum Gasteiger partial charge on any atom is -0.450 e. The van der Waals surface area contributed by atoms with Crippen molar-refractivity contribution in [3.8, 4) is 11.3 Å². The first-order valence-corrected chi connectivity index (χ1v) is 7.34. The molecule has 0 spiro atoms. The van der Waals surface area contributed by atoms with Crippen LogP contribution in [0.4, 0.5) is 10.5 Å². The molecule has 0 unspecified atom stereocenters. The lowest BCUT2D eigenvalue weighted by molar-refractivity contribution is 0.168. The lowest BCUT2D eigenvalue weighted by Gasteiger charge is -2.11. The van der Waals surface area contributed by atoms with Gasteiger partial charge in [0.2, 0.25) is 0 Å². The molecule has 116 valence electrons. The highest BCUT2D eigenvalue weighted by molar-refractivity contribution is 5.92. The first kappa shape index (κ1) is 14.8. The Morgan fingerprint density at radius 3 is 2.70 bits per heavy atom. The topological polar surface area (TPSA) is 71.2 Å². The number of benzene rings is 2. The van der Waals surface area contributed by atoms with Crippen LogP contribution < -0.4 is 10.7 Å². The fraction of sp³-hybridized carbons (Fsp3) is 0.111. The molecule has 2 N–H and O–H groups in total. The predicted molar refractivity (Wildman–Crippen MR) is 90.6 cm³/mol. The van der Waals surface area contributed by atoms with E-state index in [4.69, 9.17) is 4.74 Å². The number of carbonyl (C=O) groups is 1. The van der Waals surface area contributed by atoms with E-state index in [1.54, 1.807) is 19.1 Å². The number of nitrogens with one attached hydrogen (secondary N) is 2. The van der Waals surface area contributed by atoms with Crippen LogP contribution in [-0.4, -0.2) is 17.7 Å². The molecule has 3 rings (SSSR count). The maximum absolute atomic E-state index is 12.3. The maximum atomic E-state index is 12.3. The first-order chi connectivity index (χ1) is 11.2. The van der Waals surface area contributed by atoms with Crippen LogP contribution in [0.25, 0.3) is 22.2 Å². The van der Waals surface area contributed by atoms with Gasteiger partial charge in [-0.3, -0.25) is 10.1 Å². The number of pyridine rings is 1. The van der Waals surface area contributed by atoms with E-state index in [2.05, 4.69) is 10.3 Å². The van der Waals surface area contributed by atoms with E-state index in [9.17, 15) is 9.59 Å². The average Bonchev–Trinajstić information content (AvgIpc) is 2.55. The Hall–Kier alpha value is -3.08. The monoisotopic (exact) mass is 308 g/mol. The van der Waals surface area contributed by atoms with Crippen LogP contribution in [0, 0.1) is 0 Å². The summed E-state index contributed by atoms with van der Waals surface area (Å²) in [5.41, 5.74) is 2.63. The Kier molecular flexibility index (Phi) is 4.10. The summed E-state index contributed by atoms with van der Waals surface area (Å²) in [5.74, 6) is 0. The summed E-state index contributed by atoms with van der Waals surface area (Å²) in [7, 11) is 0. The largest absolute Gasteiger partial charge is 0.450 e. The van der Waals surface area contributed by atoms with Gasteiger partial charge < -0.3 is 9.72 Å². The molecule has 1 aromatic heterocycles. The van der Waals surface area contributed by atoms with Gasteiger partial charge in [-0.05, 0) is 25.1 Å². The zero-order chi connectivity index (χ0) is 16.2. The van der Waals surface area contributed by atoms with Gasteiger partial charge in [0.05, 0.1) is 18.0 Å². The normalized spacial score (nSPS) is 10.5. The molecule has 0 bridgehead atoms. The van der Waals surface area contributed by atoms with Crippen molar-refractivity contribution in [3.63, 3.8) is 0 Å². The summed E-state index contributed by atoms with van der Waals surface area (Å²) in [4.78, 5) is 27.2. The second-order valence-corrected chi connectivity index (χ2v) is 4.98. The third-order valence-corrected chi connectivity index (χ3v) is 3.47. The number of amides is 1. The van der Waals surface area contributed by atoms with Gasteiger partial charge in [-0.15, -0.1) is 0 Å². The molecule has 23 heavy (non-hydrogen) atoms. The lowest BCUT2D eigenvalue weighted by atomic mass is 10.1. The quantitative estimate of drug-likeness (QED) is 0.774. The van der Waals surface area contributed by atoms with E-state index in [1.165, 1.54) is 6.07 Å². The summed E-state index contributed by atoms with van der Waals surface area (Å²) in [6.45, 7) is 2.03. The van der Waals surface area contributed by atoms with Crippen LogP contribution in [0.15, 0.2) is 59.4 Å². The van der Waals surface area contributed by atoms with Gasteiger partial charge in [-0.25, -0.2) is 4.79 Å². The Labute approximate surface area is 132 Å². The number of ether oxygens (including phenoxy) is 1. The zero-order valence-corrected chi connectivity index (χ0v) is 12.6. The van der Waals surface area contributed by atoms with Crippen molar-refractivity contribution >= 4 is 22.7 Å². The van der Waals surface area contributed by atoms with Crippen molar-refractivity contribution in [2.75, 3.05) is 11.9 Å². The molecule has 0 atom stereocenters. The standard InChI is InChI=1S/C18H16N2O3/c1-2-23-18(22)20-14-9-5-3-7-12(14)16-11-17(21)13-8-4-6-10-15(13)19-16/h3-11H,2H2,1H3,(H,19,21)(H,20,22). The van der Waals surface area contributed by atoms with E-state index in [0.717, 1.165) is 11.1 Å². The number of hydrogen-bond donors (Lipinski definition) is 2. The van der Waals surface area contributed by atoms with Crippen LogP contribution >= 0.6 is 0 Å². The molecule has 0 fully saturated rings. The molecule has 0 aliphatic carbocycles. The van der Waals surface area contributed by atoms with Crippen molar-refractivity contribution in [3.05, 3.63) is 64.8 Å². The minimum atomic E-state index is -0.525. The van der Waals surface area contributed by atoms with Crippen LogP contribution in [0.3, 0.4) is 0 Å². The highest BCUT2D eigenvalue weighted by Gasteiger charge is 2.10. The smallest absolute Gasteiger partial charge is 0.411 e. The molecule has 0 saturated heterocycles. The van der Waals surface area contributed by atoms with E-state index in [1.807, 2.05) is 36.4 Å². The molecule has 2 aromatic carbocycles. The number of fused-ring (bicyclic) bond motifs is 1. The summed E-state index contributed by atoms with van der Waals surface area (Å²) in [6, 6.07) is 16.1. The van der Waals surface area contributed by atoms with Crippen LogP contribution in [0.5, 0.6) is 0 Å². The Bertz CT molecular complexity index is 915. The van der Waals surface area contributed by atoms with Gasteiger partial charge in [-0.1, -0.05) is 30.3 Å². The predicted octanol–water partition coefficient (Wildman–Crippen LogP) is 3.76. The summed E-state index contributed by atoms with van der Waals surface area (Å²) in [6.07, 6.45) is -0.525.